The molecule has 2 N–H and O–H groups in total. The van der Waals surface area contributed by atoms with Gasteiger partial charge in [-0.05, 0) is 63.8 Å². The average Bonchev–Trinajstić information content (AvgIpc) is 3.22. The lowest BCUT2D eigenvalue weighted by atomic mass is 9.98. The molecular weight excluding hydrogens is 470 g/mol. The van der Waals surface area contributed by atoms with Crippen LogP contribution in [-0.4, -0.2) is 62.5 Å². The van der Waals surface area contributed by atoms with Crippen LogP contribution >= 0.6 is 11.6 Å². The number of anilines is 2. The number of nitrogens with one attached hydrogen (secondary N) is 1. The highest BCUT2D eigenvalue weighted by Gasteiger charge is 2.27. The highest BCUT2D eigenvalue weighted by molar-refractivity contribution is 6.32. The Balaban J connectivity index is 1.33. The molecule has 35 heavy (non-hydrogen) atoms. The molecule has 1 saturated heterocycles. The molecule has 0 saturated carbocycles. The molecule has 4 rings (SSSR count). The first-order chi connectivity index (χ1) is 16.7. The van der Waals surface area contributed by atoms with E-state index in [0.29, 0.717) is 48.7 Å². The zero-order chi connectivity index (χ0) is 25.0. The lowest BCUT2D eigenvalue weighted by Gasteiger charge is -2.33. The normalized spacial score (nSPS) is 14.8. The summed E-state index contributed by atoms with van der Waals surface area (Å²) in [5, 5.41) is 13.1. The molecule has 9 nitrogen and oxygen atoms in total. The zero-order valence-electron chi connectivity index (χ0n) is 20.3. The second kappa shape index (κ2) is 10.7. The quantitative estimate of drug-likeness (QED) is 0.477. The number of aromatic nitrogens is 3. The van der Waals surface area contributed by atoms with E-state index in [1.54, 1.807) is 11.0 Å². The van der Waals surface area contributed by atoms with Crippen molar-refractivity contribution in [1.82, 2.24) is 19.4 Å². The fraction of sp³-hybridized carbons (Fsp3) is 0.480. The average molecular weight is 502 g/mol. The number of aliphatic hydroxyl groups is 1. The predicted octanol–water partition coefficient (Wildman–Crippen LogP) is 4.85. The summed E-state index contributed by atoms with van der Waals surface area (Å²) in [5.41, 5.74) is 1.89. The van der Waals surface area contributed by atoms with Crippen LogP contribution in [0.4, 0.5) is 16.3 Å². The van der Waals surface area contributed by atoms with Crippen LogP contribution in [0.5, 0.6) is 5.75 Å². The van der Waals surface area contributed by atoms with Crippen LogP contribution in [-0.2, 0) is 11.3 Å². The molecule has 0 bridgehead atoms. The van der Waals surface area contributed by atoms with Gasteiger partial charge in [0.05, 0.1) is 23.8 Å². The number of piperidine rings is 1. The van der Waals surface area contributed by atoms with E-state index in [0.717, 1.165) is 29.6 Å². The summed E-state index contributed by atoms with van der Waals surface area (Å²) >= 11 is 6.51. The van der Waals surface area contributed by atoms with Crippen molar-refractivity contribution in [2.45, 2.75) is 45.8 Å². The van der Waals surface area contributed by atoms with Gasteiger partial charge in [-0.1, -0.05) is 11.6 Å². The van der Waals surface area contributed by atoms with Crippen molar-refractivity contribution in [2.24, 2.45) is 5.92 Å². The summed E-state index contributed by atoms with van der Waals surface area (Å²) < 4.78 is 13.4. The second-order valence-corrected chi connectivity index (χ2v) is 10.1. The Morgan fingerprint density at radius 1 is 1.23 bits per heavy atom. The number of hydrogen-bond donors (Lipinski definition) is 2. The number of rotatable bonds is 7. The van der Waals surface area contributed by atoms with Crippen molar-refractivity contribution in [3.05, 3.63) is 41.8 Å². The molecule has 3 aromatic rings. The molecule has 1 amide bonds. The molecule has 1 aromatic carbocycles. The molecule has 1 aliphatic rings. The smallest absolute Gasteiger partial charge is 0.410 e. The SMILES string of the molecule is CC(C)(C)OC(=O)N1CCC(COc2ccc(Nc3ncnc4ccn(CCO)c34)cc2Cl)CC1. The number of benzene rings is 1. The Labute approximate surface area is 210 Å². The number of hydrogen-bond acceptors (Lipinski definition) is 7. The van der Waals surface area contributed by atoms with E-state index in [1.165, 1.54) is 6.33 Å². The molecule has 0 radical (unpaired) electrons. The van der Waals surface area contributed by atoms with Gasteiger partial charge in [-0.15, -0.1) is 0 Å². The number of aliphatic hydroxyl groups excluding tert-OH is 1. The number of ether oxygens (including phenoxy) is 2. The van der Waals surface area contributed by atoms with E-state index in [4.69, 9.17) is 21.1 Å². The minimum atomic E-state index is -0.488. The summed E-state index contributed by atoms with van der Waals surface area (Å²) in [6.45, 7) is 7.95. The third-order valence-electron chi connectivity index (χ3n) is 5.83. The van der Waals surface area contributed by atoms with Crippen LogP contribution in [0.3, 0.4) is 0 Å². The van der Waals surface area contributed by atoms with Gasteiger partial charge in [-0.3, -0.25) is 0 Å². The molecule has 1 aliphatic heterocycles. The van der Waals surface area contributed by atoms with E-state index >= 15 is 0 Å². The lowest BCUT2D eigenvalue weighted by molar-refractivity contribution is 0.0165. The van der Waals surface area contributed by atoms with Crippen molar-refractivity contribution in [3.8, 4) is 5.75 Å². The zero-order valence-corrected chi connectivity index (χ0v) is 21.1. The molecule has 188 valence electrons. The topological polar surface area (TPSA) is 102 Å². The Morgan fingerprint density at radius 2 is 2.00 bits per heavy atom. The van der Waals surface area contributed by atoms with Crippen LogP contribution in [0.25, 0.3) is 11.0 Å². The summed E-state index contributed by atoms with van der Waals surface area (Å²) in [5.74, 6) is 1.59. The summed E-state index contributed by atoms with van der Waals surface area (Å²) in [6, 6.07) is 7.42. The van der Waals surface area contributed by atoms with Crippen molar-refractivity contribution >= 4 is 40.2 Å². The maximum Gasteiger partial charge on any atom is 0.410 e. The van der Waals surface area contributed by atoms with Gasteiger partial charge in [0.15, 0.2) is 5.82 Å². The van der Waals surface area contributed by atoms with Crippen molar-refractivity contribution in [2.75, 3.05) is 31.6 Å². The Morgan fingerprint density at radius 3 is 2.69 bits per heavy atom. The predicted molar refractivity (Wildman–Crippen MR) is 135 cm³/mol. The van der Waals surface area contributed by atoms with E-state index in [1.807, 2.05) is 49.7 Å². The molecule has 0 atom stereocenters. The molecule has 3 heterocycles. The fourth-order valence-corrected chi connectivity index (χ4v) is 4.30. The lowest BCUT2D eigenvalue weighted by Crippen LogP contribution is -2.42. The number of likely N-dealkylation sites (tertiary alicyclic amines) is 1. The van der Waals surface area contributed by atoms with Gasteiger partial charge in [0, 0.05) is 31.5 Å². The highest BCUT2D eigenvalue weighted by Crippen LogP contribution is 2.31. The van der Waals surface area contributed by atoms with Gasteiger partial charge in [-0.2, -0.15) is 0 Å². The van der Waals surface area contributed by atoms with Crippen LogP contribution in [0.2, 0.25) is 5.02 Å². The van der Waals surface area contributed by atoms with E-state index in [9.17, 15) is 9.90 Å². The number of amides is 1. The van der Waals surface area contributed by atoms with Crippen LogP contribution in [0.1, 0.15) is 33.6 Å². The van der Waals surface area contributed by atoms with Gasteiger partial charge < -0.3 is 29.4 Å². The third kappa shape index (κ3) is 6.35. The monoisotopic (exact) mass is 501 g/mol. The first kappa shape index (κ1) is 25.1. The Bertz CT molecular complexity index is 1170. The number of carbonyl (C=O) groups is 1. The second-order valence-electron chi connectivity index (χ2n) is 9.68. The van der Waals surface area contributed by atoms with Crippen LogP contribution < -0.4 is 10.1 Å². The summed E-state index contributed by atoms with van der Waals surface area (Å²) in [4.78, 5) is 22.7. The minimum Gasteiger partial charge on any atom is -0.492 e. The molecule has 0 unspecified atom stereocenters. The highest BCUT2D eigenvalue weighted by atomic mass is 35.5. The van der Waals surface area contributed by atoms with Gasteiger partial charge in [-0.25, -0.2) is 14.8 Å². The van der Waals surface area contributed by atoms with Crippen molar-refractivity contribution in [3.63, 3.8) is 0 Å². The van der Waals surface area contributed by atoms with E-state index in [2.05, 4.69) is 15.3 Å². The van der Waals surface area contributed by atoms with Gasteiger partial charge in [0.2, 0.25) is 0 Å². The first-order valence-electron chi connectivity index (χ1n) is 11.8. The molecule has 0 aliphatic carbocycles. The summed E-state index contributed by atoms with van der Waals surface area (Å²) in [6.07, 6.45) is 4.83. The van der Waals surface area contributed by atoms with Gasteiger partial charge in [0.1, 0.15) is 23.2 Å². The Hall–Kier alpha value is -3.04. The third-order valence-corrected chi connectivity index (χ3v) is 6.12. The number of fused-ring (bicyclic) bond motifs is 1. The van der Waals surface area contributed by atoms with Crippen LogP contribution in [0, 0.1) is 5.92 Å². The van der Waals surface area contributed by atoms with Gasteiger partial charge >= 0.3 is 6.09 Å². The molecular formula is C25H32ClN5O4. The first-order valence-corrected chi connectivity index (χ1v) is 12.2. The summed E-state index contributed by atoms with van der Waals surface area (Å²) in [7, 11) is 0. The molecule has 0 spiro atoms. The fourth-order valence-electron chi connectivity index (χ4n) is 4.07. The van der Waals surface area contributed by atoms with E-state index < -0.39 is 5.60 Å². The van der Waals surface area contributed by atoms with Crippen molar-refractivity contribution in [1.29, 1.82) is 0 Å². The minimum absolute atomic E-state index is 0.0238. The Kier molecular flexibility index (Phi) is 7.66. The van der Waals surface area contributed by atoms with Crippen LogP contribution in [0.15, 0.2) is 36.8 Å². The largest absolute Gasteiger partial charge is 0.492 e. The van der Waals surface area contributed by atoms with Crippen molar-refractivity contribution < 1.29 is 19.4 Å². The molecule has 2 aromatic heterocycles. The number of halogens is 1. The molecule has 10 heteroatoms. The standard InChI is InChI=1S/C25H32ClN5O4/c1-25(2,3)35-24(33)31-9-6-17(7-10-31)15-34-21-5-4-18(14-19(21)26)29-23-22-20(27-16-28-23)8-11-30(22)12-13-32/h4-5,8,11,14,16-17,32H,6-7,9-10,12-13,15H2,1-3H3,(H,27,28,29). The number of nitrogens with zero attached hydrogens (tertiary/aromatic N) is 4. The maximum absolute atomic E-state index is 12.2. The van der Waals surface area contributed by atoms with E-state index in [-0.39, 0.29) is 12.7 Å². The number of carbonyl (C=O) groups excluding carboxylic acids is 1. The van der Waals surface area contributed by atoms with Gasteiger partial charge in [0.25, 0.3) is 0 Å². The molecule has 1 fully saturated rings. The maximum atomic E-state index is 12.2.